The van der Waals surface area contributed by atoms with Crippen LogP contribution in [-0.2, 0) is 0 Å². The summed E-state index contributed by atoms with van der Waals surface area (Å²) in [5.74, 6) is 0. The SMILES string of the molecule is CN(C)c1nnc(Sc2cccc(C#N)n2)s1. The third-order valence-corrected chi connectivity index (χ3v) is 3.89. The smallest absolute Gasteiger partial charge is 0.208 e. The van der Waals surface area contributed by atoms with Crippen LogP contribution in [0.15, 0.2) is 27.6 Å². The zero-order valence-electron chi connectivity index (χ0n) is 9.28. The number of anilines is 1. The van der Waals surface area contributed by atoms with Crippen molar-refractivity contribution in [1.82, 2.24) is 15.2 Å². The van der Waals surface area contributed by atoms with Crippen molar-refractivity contribution in [1.29, 1.82) is 5.26 Å². The van der Waals surface area contributed by atoms with Gasteiger partial charge in [-0.1, -0.05) is 17.4 Å². The van der Waals surface area contributed by atoms with Crippen LogP contribution in [0.1, 0.15) is 5.69 Å². The number of nitriles is 1. The standard InChI is InChI=1S/C10H9N5S2/c1-15(2)9-13-14-10(17-9)16-8-5-3-4-7(6-11)12-8/h3-5H,1-2H3. The maximum Gasteiger partial charge on any atom is 0.208 e. The van der Waals surface area contributed by atoms with Gasteiger partial charge < -0.3 is 4.90 Å². The lowest BCUT2D eigenvalue weighted by molar-refractivity contribution is 0.970. The van der Waals surface area contributed by atoms with Gasteiger partial charge >= 0.3 is 0 Å². The first-order chi connectivity index (χ1) is 8.19. The quantitative estimate of drug-likeness (QED) is 0.844. The molecule has 0 N–H and O–H groups in total. The molecule has 2 heterocycles. The number of aromatic nitrogens is 3. The van der Waals surface area contributed by atoms with E-state index in [4.69, 9.17) is 5.26 Å². The molecule has 2 aromatic heterocycles. The van der Waals surface area contributed by atoms with Gasteiger partial charge in [0.15, 0.2) is 4.34 Å². The molecule has 0 amide bonds. The Balaban J connectivity index is 2.17. The molecule has 0 aliphatic carbocycles. The van der Waals surface area contributed by atoms with Crippen molar-refractivity contribution in [2.24, 2.45) is 0 Å². The fraction of sp³-hybridized carbons (Fsp3) is 0.200. The third-order valence-electron chi connectivity index (χ3n) is 1.81. The molecule has 0 unspecified atom stereocenters. The molecule has 0 saturated heterocycles. The van der Waals surface area contributed by atoms with E-state index in [1.807, 2.05) is 37.2 Å². The van der Waals surface area contributed by atoms with Crippen LogP contribution in [0.25, 0.3) is 0 Å². The van der Waals surface area contributed by atoms with Crippen LogP contribution in [0.5, 0.6) is 0 Å². The molecule has 0 aliphatic rings. The summed E-state index contributed by atoms with van der Waals surface area (Å²) in [7, 11) is 3.84. The minimum absolute atomic E-state index is 0.410. The lowest BCUT2D eigenvalue weighted by Gasteiger charge is -2.03. The van der Waals surface area contributed by atoms with E-state index in [2.05, 4.69) is 15.2 Å². The number of pyridine rings is 1. The highest BCUT2D eigenvalue weighted by Crippen LogP contribution is 2.31. The van der Waals surface area contributed by atoms with E-state index in [9.17, 15) is 0 Å². The average Bonchev–Trinajstić information content (AvgIpc) is 2.78. The molecule has 0 fully saturated rings. The second-order valence-corrected chi connectivity index (χ2v) is 5.54. The van der Waals surface area contributed by atoms with Gasteiger partial charge in [-0.2, -0.15) is 5.26 Å². The summed E-state index contributed by atoms with van der Waals surface area (Å²) in [5.41, 5.74) is 0.410. The lowest BCUT2D eigenvalue weighted by atomic mass is 10.4. The number of hydrogen-bond donors (Lipinski definition) is 0. The van der Waals surface area contributed by atoms with Gasteiger partial charge in [-0.3, -0.25) is 0 Å². The van der Waals surface area contributed by atoms with E-state index in [0.717, 1.165) is 14.5 Å². The van der Waals surface area contributed by atoms with E-state index >= 15 is 0 Å². The Hall–Kier alpha value is -1.65. The first kappa shape index (κ1) is 11.8. The van der Waals surface area contributed by atoms with E-state index in [-0.39, 0.29) is 0 Å². The van der Waals surface area contributed by atoms with Crippen molar-refractivity contribution in [3.05, 3.63) is 23.9 Å². The van der Waals surface area contributed by atoms with Crippen molar-refractivity contribution >= 4 is 28.2 Å². The predicted octanol–water partition coefficient (Wildman–Crippen LogP) is 2.02. The number of hydrogen-bond acceptors (Lipinski definition) is 7. The summed E-state index contributed by atoms with van der Waals surface area (Å²) >= 11 is 2.90. The molecule has 5 nitrogen and oxygen atoms in total. The Labute approximate surface area is 107 Å². The summed E-state index contributed by atoms with van der Waals surface area (Å²) in [4.78, 5) is 6.07. The second kappa shape index (κ2) is 5.12. The molecule has 0 saturated carbocycles. The monoisotopic (exact) mass is 263 g/mol. The van der Waals surface area contributed by atoms with Crippen molar-refractivity contribution in [3.63, 3.8) is 0 Å². The third kappa shape index (κ3) is 2.93. The van der Waals surface area contributed by atoms with Gasteiger partial charge in [0.25, 0.3) is 0 Å². The second-order valence-electron chi connectivity index (χ2n) is 3.32. The summed E-state index contributed by atoms with van der Waals surface area (Å²) in [6, 6.07) is 7.34. The van der Waals surface area contributed by atoms with Crippen molar-refractivity contribution in [2.75, 3.05) is 19.0 Å². The average molecular weight is 263 g/mol. The molecule has 17 heavy (non-hydrogen) atoms. The van der Waals surface area contributed by atoms with Gasteiger partial charge in [0.05, 0.1) is 0 Å². The Morgan fingerprint density at radius 3 is 2.82 bits per heavy atom. The van der Waals surface area contributed by atoms with Gasteiger partial charge in [0.1, 0.15) is 16.8 Å². The van der Waals surface area contributed by atoms with Gasteiger partial charge in [-0.25, -0.2) is 4.98 Å². The zero-order valence-corrected chi connectivity index (χ0v) is 10.9. The molecule has 0 radical (unpaired) electrons. The Bertz CT molecular complexity index is 558. The van der Waals surface area contributed by atoms with Gasteiger partial charge in [-0.15, -0.1) is 10.2 Å². The van der Waals surface area contributed by atoms with E-state index < -0.39 is 0 Å². The molecule has 0 atom stereocenters. The molecule has 86 valence electrons. The molecule has 0 bridgehead atoms. The summed E-state index contributed by atoms with van der Waals surface area (Å²) < 4.78 is 0.816. The van der Waals surface area contributed by atoms with Gasteiger partial charge in [0, 0.05) is 14.1 Å². The largest absolute Gasteiger partial charge is 0.353 e. The molecule has 2 rings (SSSR count). The van der Waals surface area contributed by atoms with Crippen LogP contribution in [-0.4, -0.2) is 29.3 Å². The van der Waals surface area contributed by atoms with Gasteiger partial charge in [0.2, 0.25) is 5.13 Å². The number of nitrogens with zero attached hydrogens (tertiary/aromatic N) is 5. The summed E-state index contributed by atoms with van der Waals surface area (Å²) in [5, 5.41) is 18.4. The first-order valence-electron chi connectivity index (χ1n) is 4.75. The van der Waals surface area contributed by atoms with Crippen LogP contribution in [0.4, 0.5) is 5.13 Å². The molecule has 0 spiro atoms. The molecular formula is C10H9N5S2. The minimum Gasteiger partial charge on any atom is -0.353 e. The summed E-state index contributed by atoms with van der Waals surface area (Å²) in [6.07, 6.45) is 0. The maximum absolute atomic E-state index is 8.75. The molecule has 2 aromatic rings. The Morgan fingerprint density at radius 2 is 2.18 bits per heavy atom. The van der Waals surface area contributed by atoms with Gasteiger partial charge in [-0.05, 0) is 23.9 Å². The Kier molecular flexibility index (Phi) is 3.56. The highest BCUT2D eigenvalue weighted by atomic mass is 32.2. The first-order valence-corrected chi connectivity index (χ1v) is 6.38. The topological polar surface area (TPSA) is 65.7 Å². The highest BCUT2D eigenvalue weighted by molar-refractivity contribution is 8.01. The van der Waals surface area contributed by atoms with Crippen molar-refractivity contribution in [2.45, 2.75) is 9.37 Å². The van der Waals surface area contributed by atoms with Crippen LogP contribution in [0.2, 0.25) is 0 Å². The highest BCUT2D eigenvalue weighted by Gasteiger charge is 2.08. The van der Waals surface area contributed by atoms with Crippen LogP contribution >= 0.6 is 23.1 Å². The fourth-order valence-corrected chi connectivity index (χ4v) is 2.75. The maximum atomic E-state index is 8.75. The lowest BCUT2D eigenvalue weighted by Crippen LogP contribution is -2.07. The number of rotatable bonds is 3. The summed E-state index contributed by atoms with van der Waals surface area (Å²) in [6.45, 7) is 0. The predicted molar refractivity (Wildman–Crippen MR) is 67.3 cm³/mol. The zero-order chi connectivity index (χ0) is 12.3. The molecule has 7 heteroatoms. The normalized spacial score (nSPS) is 9.94. The van der Waals surface area contributed by atoms with E-state index in [0.29, 0.717) is 5.69 Å². The van der Waals surface area contributed by atoms with Crippen LogP contribution in [0.3, 0.4) is 0 Å². The fourth-order valence-electron chi connectivity index (χ4n) is 1.05. The van der Waals surface area contributed by atoms with E-state index in [1.54, 1.807) is 6.07 Å². The van der Waals surface area contributed by atoms with Crippen molar-refractivity contribution < 1.29 is 0 Å². The molecule has 0 aliphatic heterocycles. The minimum atomic E-state index is 0.410. The molecular weight excluding hydrogens is 254 g/mol. The molecule has 0 aromatic carbocycles. The van der Waals surface area contributed by atoms with Crippen LogP contribution in [0, 0.1) is 11.3 Å². The van der Waals surface area contributed by atoms with Crippen molar-refractivity contribution in [3.8, 4) is 6.07 Å². The Morgan fingerprint density at radius 1 is 1.35 bits per heavy atom. The van der Waals surface area contributed by atoms with Crippen LogP contribution < -0.4 is 4.90 Å². The van der Waals surface area contributed by atoms with E-state index in [1.165, 1.54) is 23.1 Å².